The van der Waals surface area contributed by atoms with Gasteiger partial charge in [0.1, 0.15) is 6.10 Å². The van der Waals surface area contributed by atoms with Gasteiger partial charge in [-0.25, -0.2) is 0 Å². The molecule has 0 saturated heterocycles. The summed E-state index contributed by atoms with van der Waals surface area (Å²) in [4.78, 5) is 24.7. The van der Waals surface area contributed by atoms with E-state index in [-0.39, 0.29) is 60.6 Å². The van der Waals surface area contributed by atoms with E-state index in [1.807, 2.05) is 6.08 Å². The first-order valence-electron chi connectivity index (χ1n) is 12.8. The fraction of sp³-hybridized carbons (Fsp3) is 0.852. The number of fused-ring (bicyclic) bond motifs is 5. The first kappa shape index (κ1) is 24.3. The molecule has 5 aliphatic carbocycles. The van der Waals surface area contributed by atoms with Crippen LogP contribution in [0.2, 0.25) is 0 Å². The summed E-state index contributed by atoms with van der Waals surface area (Å²) in [7, 11) is 0. The van der Waals surface area contributed by atoms with Crippen LogP contribution in [-0.2, 0) is 14.3 Å². The molecule has 0 bridgehead atoms. The van der Waals surface area contributed by atoms with Crippen LogP contribution >= 0.6 is 0 Å². The van der Waals surface area contributed by atoms with Gasteiger partial charge in [0.25, 0.3) is 0 Å². The van der Waals surface area contributed by atoms with Gasteiger partial charge in [-0.05, 0) is 86.5 Å². The van der Waals surface area contributed by atoms with Gasteiger partial charge >= 0.3 is 43.7 Å². The SMILES string of the molecule is C[C@]12CC[C@H]3[C@@H](CCC4=CC(=O)CC[C@@]43C)[C@@H]1CC[C@@H]2OC(=O)CCC1CCCC1.[CaH2]. The number of hydrogen-bond donors (Lipinski definition) is 0. The zero-order valence-corrected chi connectivity index (χ0v) is 19.1. The third-order valence-electron chi connectivity index (χ3n) is 10.4. The second kappa shape index (κ2) is 9.41. The molecule has 5 rings (SSSR count). The molecule has 170 valence electrons. The zero-order valence-electron chi connectivity index (χ0n) is 19.1. The average Bonchev–Trinajstić information content (AvgIpc) is 3.35. The molecule has 0 aromatic carbocycles. The Balaban J connectivity index is 0.00000231. The quantitative estimate of drug-likeness (QED) is 0.417. The maximum absolute atomic E-state index is 12.7. The van der Waals surface area contributed by atoms with Crippen molar-refractivity contribution < 1.29 is 14.3 Å². The zero-order chi connectivity index (χ0) is 20.9. The van der Waals surface area contributed by atoms with Gasteiger partial charge in [-0.15, -0.1) is 0 Å². The first-order chi connectivity index (χ1) is 14.4. The molecule has 4 heteroatoms. The van der Waals surface area contributed by atoms with Crippen LogP contribution in [0.3, 0.4) is 0 Å². The predicted molar refractivity (Wildman–Crippen MR) is 126 cm³/mol. The van der Waals surface area contributed by atoms with Gasteiger partial charge in [0.2, 0.25) is 0 Å². The van der Waals surface area contributed by atoms with Crippen molar-refractivity contribution in [3.8, 4) is 0 Å². The fourth-order valence-electron chi connectivity index (χ4n) is 8.54. The molecular formula is C27H42CaO3. The summed E-state index contributed by atoms with van der Waals surface area (Å²) < 4.78 is 6.17. The van der Waals surface area contributed by atoms with Crippen molar-refractivity contribution in [1.29, 1.82) is 0 Å². The number of carbonyl (C=O) groups is 2. The summed E-state index contributed by atoms with van der Waals surface area (Å²) >= 11 is 0. The Morgan fingerprint density at radius 1 is 1.00 bits per heavy atom. The molecule has 31 heavy (non-hydrogen) atoms. The maximum atomic E-state index is 12.7. The van der Waals surface area contributed by atoms with Crippen LogP contribution in [0.4, 0.5) is 0 Å². The number of ketones is 1. The fourth-order valence-corrected chi connectivity index (χ4v) is 8.54. The van der Waals surface area contributed by atoms with Crippen LogP contribution in [0.5, 0.6) is 0 Å². The monoisotopic (exact) mass is 454 g/mol. The molecule has 5 aliphatic rings. The third-order valence-corrected chi connectivity index (χ3v) is 10.4. The normalized spacial score (nSPS) is 42.1. The second-order valence-electron chi connectivity index (χ2n) is 11.8. The molecule has 3 nitrogen and oxygen atoms in total. The van der Waals surface area contributed by atoms with E-state index in [9.17, 15) is 9.59 Å². The Morgan fingerprint density at radius 3 is 2.55 bits per heavy atom. The van der Waals surface area contributed by atoms with E-state index >= 15 is 0 Å². The Bertz CT molecular complexity index is 739. The van der Waals surface area contributed by atoms with Crippen molar-refractivity contribution in [1.82, 2.24) is 0 Å². The Labute approximate surface area is 218 Å². The first-order valence-corrected chi connectivity index (χ1v) is 12.8. The molecule has 6 atom stereocenters. The van der Waals surface area contributed by atoms with Gasteiger partial charge < -0.3 is 4.74 Å². The third kappa shape index (κ3) is 4.34. The number of carbonyl (C=O) groups excluding carboxylic acids is 2. The predicted octanol–water partition coefficient (Wildman–Crippen LogP) is 5.48. The standard InChI is InChI=1S/C27H40O3.Ca.2H/c1-26-15-13-20(28)17-19(26)8-9-21-22-10-11-24(27(22,2)16-14-23(21)26)30-25(29)12-7-18-5-3-4-6-18;;;/h17-18,21-24H,3-16H2,1-2H3;;;/t21-,22-,23-,24-,26-,27-;;;/m0.../s1. The van der Waals surface area contributed by atoms with Crippen LogP contribution in [-0.4, -0.2) is 55.6 Å². The van der Waals surface area contributed by atoms with Crippen molar-refractivity contribution in [2.75, 3.05) is 0 Å². The molecule has 4 fully saturated rings. The summed E-state index contributed by atoms with van der Waals surface area (Å²) in [6, 6.07) is 0. The van der Waals surface area contributed by atoms with E-state index in [1.54, 1.807) is 0 Å². The van der Waals surface area contributed by atoms with Gasteiger partial charge in [-0.3, -0.25) is 9.59 Å². The van der Waals surface area contributed by atoms with E-state index < -0.39 is 0 Å². The molecule has 0 N–H and O–H groups in total. The Morgan fingerprint density at radius 2 is 1.77 bits per heavy atom. The van der Waals surface area contributed by atoms with Crippen LogP contribution in [0, 0.1) is 34.5 Å². The molecule has 4 saturated carbocycles. The summed E-state index contributed by atoms with van der Waals surface area (Å²) in [6.45, 7) is 4.87. The number of allylic oxidation sites excluding steroid dienone is 1. The number of hydrogen-bond acceptors (Lipinski definition) is 3. The van der Waals surface area contributed by atoms with Gasteiger partial charge in [-0.2, -0.15) is 0 Å². The summed E-state index contributed by atoms with van der Waals surface area (Å²) in [5, 5.41) is 0. The van der Waals surface area contributed by atoms with Crippen LogP contribution in [0.15, 0.2) is 11.6 Å². The summed E-state index contributed by atoms with van der Waals surface area (Å²) in [5.74, 6) is 3.28. The topological polar surface area (TPSA) is 43.4 Å². The molecule has 0 spiro atoms. The summed E-state index contributed by atoms with van der Waals surface area (Å²) in [6.07, 6.45) is 17.8. The number of ether oxygens (including phenoxy) is 1. The van der Waals surface area contributed by atoms with E-state index in [4.69, 9.17) is 4.74 Å². The molecular weight excluding hydrogens is 412 g/mol. The minimum absolute atomic E-state index is 0. The van der Waals surface area contributed by atoms with Crippen molar-refractivity contribution in [3.05, 3.63) is 11.6 Å². The van der Waals surface area contributed by atoms with Gasteiger partial charge in [0.05, 0.1) is 0 Å². The number of rotatable bonds is 4. The van der Waals surface area contributed by atoms with Gasteiger partial charge in [-0.1, -0.05) is 45.1 Å². The minimum atomic E-state index is 0. The van der Waals surface area contributed by atoms with Crippen LogP contribution < -0.4 is 0 Å². The molecule has 0 amide bonds. The van der Waals surface area contributed by atoms with Gasteiger partial charge in [0.15, 0.2) is 5.78 Å². The second-order valence-corrected chi connectivity index (χ2v) is 11.8. The molecule has 0 unspecified atom stereocenters. The molecule has 0 heterocycles. The van der Waals surface area contributed by atoms with Crippen molar-refractivity contribution in [3.63, 3.8) is 0 Å². The molecule has 0 aromatic heterocycles. The van der Waals surface area contributed by atoms with Crippen molar-refractivity contribution in [2.45, 2.75) is 110 Å². The number of esters is 1. The van der Waals surface area contributed by atoms with E-state index in [2.05, 4.69) is 13.8 Å². The average molecular weight is 455 g/mol. The Kier molecular flexibility index (Phi) is 7.37. The van der Waals surface area contributed by atoms with Crippen molar-refractivity contribution >= 4 is 49.5 Å². The Hall–Kier alpha value is 0.140. The van der Waals surface area contributed by atoms with Gasteiger partial charge in [0, 0.05) is 18.3 Å². The molecule has 0 aliphatic heterocycles. The van der Waals surface area contributed by atoms with E-state index in [0.29, 0.717) is 24.0 Å². The summed E-state index contributed by atoms with van der Waals surface area (Å²) in [5.41, 5.74) is 1.83. The van der Waals surface area contributed by atoms with E-state index in [0.717, 1.165) is 43.9 Å². The van der Waals surface area contributed by atoms with Crippen LogP contribution in [0.1, 0.15) is 104 Å². The molecule has 0 radical (unpaired) electrons. The van der Waals surface area contributed by atoms with Crippen molar-refractivity contribution in [2.24, 2.45) is 34.5 Å². The molecule has 0 aromatic rings. The van der Waals surface area contributed by atoms with Crippen LogP contribution in [0.25, 0.3) is 0 Å². The van der Waals surface area contributed by atoms with E-state index in [1.165, 1.54) is 56.9 Å².